The average molecular weight is 647 g/mol. The summed E-state index contributed by atoms with van der Waals surface area (Å²) in [5, 5.41) is 0. The highest BCUT2D eigenvalue weighted by atomic mass is 32.1. The van der Waals surface area contributed by atoms with Crippen LogP contribution in [0.4, 0.5) is 0 Å². The topological polar surface area (TPSA) is 105 Å². The van der Waals surface area contributed by atoms with Crippen molar-refractivity contribution in [2.45, 2.75) is 13.0 Å². The number of methoxy groups -OCH3 is 2. The van der Waals surface area contributed by atoms with Crippen molar-refractivity contribution in [3.8, 4) is 17.2 Å². The smallest absolute Gasteiger partial charge is 0.343 e. The second-order valence-electron chi connectivity index (χ2n) is 10.4. The number of esters is 2. The summed E-state index contributed by atoms with van der Waals surface area (Å²) in [5.41, 5.74) is 2.94. The first kappa shape index (κ1) is 31.3. The van der Waals surface area contributed by atoms with Crippen LogP contribution in [0.25, 0.3) is 11.8 Å². The van der Waals surface area contributed by atoms with Crippen LogP contribution in [-0.4, -0.2) is 37.3 Å². The van der Waals surface area contributed by atoms with E-state index >= 15 is 0 Å². The predicted octanol–water partition coefficient (Wildman–Crippen LogP) is 5.17. The molecule has 0 amide bonds. The quantitative estimate of drug-likeness (QED) is 0.161. The number of ether oxygens (including phenoxy) is 4. The molecule has 1 aromatic heterocycles. The van der Waals surface area contributed by atoms with Crippen molar-refractivity contribution in [3.05, 3.63) is 151 Å². The summed E-state index contributed by atoms with van der Waals surface area (Å²) in [6, 6.07) is 29.3. The molecule has 0 aliphatic carbocycles. The highest BCUT2D eigenvalue weighted by molar-refractivity contribution is 7.07. The van der Waals surface area contributed by atoms with Gasteiger partial charge in [-0.05, 0) is 72.7 Å². The molecule has 0 fully saturated rings. The summed E-state index contributed by atoms with van der Waals surface area (Å²) in [4.78, 5) is 45.6. The van der Waals surface area contributed by atoms with E-state index in [0.29, 0.717) is 49.0 Å². The molecule has 2 heterocycles. The Labute approximate surface area is 274 Å². The molecule has 0 radical (unpaired) electrons. The molecule has 0 saturated carbocycles. The van der Waals surface area contributed by atoms with Crippen LogP contribution < -0.4 is 29.1 Å². The van der Waals surface area contributed by atoms with Crippen molar-refractivity contribution >= 4 is 35.0 Å². The lowest BCUT2D eigenvalue weighted by Gasteiger charge is -2.26. The number of fused-ring (bicyclic) bond motifs is 1. The summed E-state index contributed by atoms with van der Waals surface area (Å²) in [7, 11) is 3.13. The van der Waals surface area contributed by atoms with Gasteiger partial charge in [0.1, 0.15) is 17.2 Å². The molecule has 9 nitrogen and oxygen atoms in total. The standard InChI is InChI=1S/C37H30N2O7S/c1-4-45-36(42)31-32(24-8-6-5-7-9-24)38-37-39(33(31)25-12-18-27(43-2)19-13-25)34(40)30(47-37)22-23-10-16-29(17-11-23)46-35(41)26-14-20-28(44-3)21-15-26/h5-22,33H,4H2,1-3H3/b30-22-/t33-/m0/s1. The SMILES string of the molecule is CCOC(=O)C1=C(c2ccccc2)N=c2s/c(=C\c3ccc(OC(=O)c4ccc(OC)cc4)cc3)c(=O)n2[C@H]1c1ccc(OC)cc1. The van der Waals surface area contributed by atoms with Crippen molar-refractivity contribution in [1.29, 1.82) is 0 Å². The highest BCUT2D eigenvalue weighted by Crippen LogP contribution is 2.35. The molecule has 0 spiro atoms. The normalized spacial score (nSPS) is 14.2. The Hall–Kier alpha value is -5.74. The van der Waals surface area contributed by atoms with Gasteiger partial charge in [0.25, 0.3) is 5.56 Å². The van der Waals surface area contributed by atoms with Crippen molar-refractivity contribution in [2.75, 3.05) is 20.8 Å². The summed E-state index contributed by atoms with van der Waals surface area (Å²) in [6.45, 7) is 1.90. The number of carbonyl (C=O) groups is 2. The Morgan fingerprint density at radius 1 is 0.809 bits per heavy atom. The van der Waals surface area contributed by atoms with Gasteiger partial charge in [0.2, 0.25) is 0 Å². The molecule has 236 valence electrons. The van der Waals surface area contributed by atoms with E-state index < -0.39 is 18.0 Å². The van der Waals surface area contributed by atoms with Crippen molar-refractivity contribution in [1.82, 2.24) is 4.57 Å². The third-order valence-corrected chi connectivity index (χ3v) is 8.50. The molecule has 10 heteroatoms. The van der Waals surface area contributed by atoms with Crippen LogP contribution in [0.3, 0.4) is 0 Å². The first-order valence-corrected chi connectivity index (χ1v) is 15.6. The molecular formula is C37H30N2O7S. The van der Waals surface area contributed by atoms with E-state index in [-0.39, 0.29) is 17.7 Å². The Morgan fingerprint density at radius 2 is 1.43 bits per heavy atom. The van der Waals surface area contributed by atoms with E-state index in [2.05, 4.69) is 0 Å². The second-order valence-corrected chi connectivity index (χ2v) is 11.4. The first-order chi connectivity index (χ1) is 22.9. The van der Waals surface area contributed by atoms with Gasteiger partial charge in [-0.2, -0.15) is 0 Å². The maximum absolute atomic E-state index is 14.1. The van der Waals surface area contributed by atoms with Gasteiger partial charge in [0, 0.05) is 5.56 Å². The van der Waals surface area contributed by atoms with Crippen molar-refractivity contribution in [3.63, 3.8) is 0 Å². The Morgan fingerprint density at radius 3 is 2.04 bits per heavy atom. The minimum atomic E-state index is -0.798. The zero-order valence-corrected chi connectivity index (χ0v) is 26.7. The molecule has 6 rings (SSSR count). The molecule has 0 bridgehead atoms. The third kappa shape index (κ3) is 6.49. The molecular weight excluding hydrogens is 616 g/mol. The molecule has 0 N–H and O–H groups in total. The maximum Gasteiger partial charge on any atom is 0.343 e. The van der Waals surface area contributed by atoms with Crippen LogP contribution in [0.15, 0.2) is 118 Å². The summed E-state index contributed by atoms with van der Waals surface area (Å²) in [6.07, 6.45) is 1.75. The largest absolute Gasteiger partial charge is 0.497 e. The number of carbonyl (C=O) groups excluding carboxylic acids is 2. The van der Waals surface area contributed by atoms with Gasteiger partial charge in [0.15, 0.2) is 4.80 Å². The van der Waals surface area contributed by atoms with Crippen molar-refractivity contribution in [2.24, 2.45) is 4.99 Å². The van der Waals surface area contributed by atoms with Crippen LogP contribution in [0.2, 0.25) is 0 Å². The number of hydrogen-bond donors (Lipinski definition) is 0. The van der Waals surface area contributed by atoms with Gasteiger partial charge < -0.3 is 18.9 Å². The van der Waals surface area contributed by atoms with Crippen LogP contribution in [0.5, 0.6) is 17.2 Å². The van der Waals surface area contributed by atoms with E-state index in [1.165, 1.54) is 11.3 Å². The molecule has 1 aliphatic heterocycles. The van der Waals surface area contributed by atoms with E-state index in [9.17, 15) is 14.4 Å². The summed E-state index contributed by atoms with van der Waals surface area (Å²) >= 11 is 1.23. The van der Waals surface area contributed by atoms with E-state index in [4.69, 9.17) is 23.9 Å². The Kier molecular flexibility index (Phi) is 9.12. The van der Waals surface area contributed by atoms with Gasteiger partial charge in [-0.1, -0.05) is 65.9 Å². The molecule has 0 unspecified atom stereocenters. The zero-order chi connectivity index (χ0) is 32.9. The fourth-order valence-electron chi connectivity index (χ4n) is 5.22. The number of benzene rings is 4. The summed E-state index contributed by atoms with van der Waals surface area (Å²) < 4.78 is 23.5. The molecule has 4 aromatic carbocycles. The van der Waals surface area contributed by atoms with Crippen LogP contribution in [0, 0.1) is 0 Å². The fourth-order valence-corrected chi connectivity index (χ4v) is 6.22. The van der Waals surface area contributed by atoms with Gasteiger partial charge in [-0.25, -0.2) is 14.6 Å². The lowest BCUT2D eigenvalue weighted by Crippen LogP contribution is -2.40. The van der Waals surface area contributed by atoms with Crippen LogP contribution in [0.1, 0.15) is 40.0 Å². The maximum atomic E-state index is 14.1. The molecule has 5 aromatic rings. The minimum Gasteiger partial charge on any atom is -0.497 e. The lowest BCUT2D eigenvalue weighted by molar-refractivity contribution is -0.138. The van der Waals surface area contributed by atoms with Crippen molar-refractivity contribution < 1.29 is 28.5 Å². The molecule has 47 heavy (non-hydrogen) atoms. The van der Waals surface area contributed by atoms with Crippen LogP contribution >= 0.6 is 11.3 Å². The number of hydrogen-bond acceptors (Lipinski definition) is 9. The number of nitrogens with zero attached hydrogens (tertiary/aromatic N) is 2. The van der Waals surface area contributed by atoms with Gasteiger partial charge in [0.05, 0.1) is 48.2 Å². The van der Waals surface area contributed by atoms with E-state index in [1.54, 1.807) is 92.5 Å². The van der Waals surface area contributed by atoms with Gasteiger partial charge in [-0.15, -0.1) is 0 Å². The zero-order valence-electron chi connectivity index (χ0n) is 25.8. The van der Waals surface area contributed by atoms with E-state index in [0.717, 1.165) is 5.56 Å². The fraction of sp³-hybridized carbons (Fsp3) is 0.135. The minimum absolute atomic E-state index is 0.162. The monoisotopic (exact) mass is 646 g/mol. The van der Waals surface area contributed by atoms with E-state index in [1.807, 2.05) is 42.5 Å². The molecule has 0 saturated heterocycles. The highest BCUT2D eigenvalue weighted by Gasteiger charge is 2.35. The summed E-state index contributed by atoms with van der Waals surface area (Å²) in [5.74, 6) is 0.587. The van der Waals surface area contributed by atoms with Gasteiger partial charge >= 0.3 is 11.9 Å². The molecule has 1 aliphatic rings. The predicted molar refractivity (Wildman–Crippen MR) is 178 cm³/mol. The molecule has 1 atom stereocenters. The Bertz CT molecular complexity index is 2130. The first-order valence-electron chi connectivity index (χ1n) is 14.8. The second kappa shape index (κ2) is 13.7. The number of rotatable bonds is 9. The third-order valence-electron chi connectivity index (χ3n) is 7.52. The Balaban J connectivity index is 1.41. The number of thiazole rings is 1. The number of aromatic nitrogens is 1. The lowest BCUT2D eigenvalue weighted by atomic mass is 9.93. The van der Waals surface area contributed by atoms with Crippen LogP contribution in [-0.2, 0) is 9.53 Å². The average Bonchev–Trinajstić information content (AvgIpc) is 3.42. The van der Waals surface area contributed by atoms with Gasteiger partial charge in [-0.3, -0.25) is 9.36 Å².